The predicted molar refractivity (Wildman–Crippen MR) is 125 cm³/mol. The molecule has 0 spiro atoms. The lowest BCUT2D eigenvalue weighted by Gasteiger charge is -2.39. The Morgan fingerprint density at radius 1 is 1.03 bits per heavy atom. The molecule has 1 aromatic heterocycles. The Hall–Kier alpha value is -1.44. The van der Waals surface area contributed by atoms with Gasteiger partial charge in [-0.2, -0.15) is 0 Å². The van der Waals surface area contributed by atoms with Crippen molar-refractivity contribution in [1.82, 2.24) is 14.8 Å². The first-order chi connectivity index (χ1) is 13.7. The molecule has 1 unspecified atom stereocenters. The van der Waals surface area contributed by atoms with Crippen molar-refractivity contribution in [2.45, 2.75) is 19.4 Å². The fraction of sp³-hybridized carbons (Fsp3) is 0.455. The van der Waals surface area contributed by atoms with Gasteiger partial charge < -0.3 is 9.80 Å². The number of amides is 1. The lowest BCUT2D eigenvalue weighted by Crippen LogP contribution is -2.52. The number of hydrogen-bond donors (Lipinski definition) is 0. The van der Waals surface area contributed by atoms with Crippen LogP contribution in [0.1, 0.15) is 18.4 Å². The van der Waals surface area contributed by atoms with Crippen LogP contribution in [-0.4, -0.2) is 60.0 Å². The van der Waals surface area contributed by atoms with Crippen LogP contribution in [0.25, 0.3) is 0 Å². The average Bonchev–Trinajstić information content (AvgIpc) is 2.76. The van der Waals surface area contributed by atoms with Gasteiger partial charge in [-0.15, -0.1) is 17.0 Å². The first-order valence-electron chi connectivity index (χ1n) is 10.1. The van der Waals surface area contributed by atoms with E-state index in [2.05, 4.69) is 59.9 Å². The second-order valence-corrected chi connectivity index (χ2v) is 8.62. The van der Waals surface area contributed by atoms with Gasteiger partial charge in [-0.25, -0.2) is 4.98 Å². The van der Waals surface area contributed by atoms with Gasteiger partial charge in [-0.05, 0) is 49.2 Å². The zero-order valence-corrected chi connectivity index (χ0v) is 19.8. The zero-order valence-electron chi connectivity index (χ0n) is 16.5. The maximum absolute atomic E-state index is 13.1. The van der Waals surface area contributed by atoms with Gasteiger partial charge in [0.2, 0.25) is 5.91 Å². The summed E-state index contributed by atoms with van der Waals surface area (Å²) in [5.74, 6) is 1.47. The Labute approximate surface area is 192 Å². The molecule has 2 saturated heterocycles. The molecule has 0 bridgehead atoms. The number of halogens is 2. The van der Waals surface area contributed by atoms with Gasteiger partial charge >= 0.3 is 0 Å². The third-order valence-electron chi connectivity index (χ3n) is 5.74. The molecule has 3 heterocycles. The van der Waals surface area contributed by atoms with Crippen molar-refractivity contribution in [2.75, 3.05) is 44.2 Å². The van der Waals surface area contributed by atoms with Gasteiger partial charge in [-0.1, -0.05) is 34.1 Å². The van der Waals surface area contributed by atoms with Crippen LogP contribution in [0.5, 0.6) is 0 Å². The zero-order chi connectivity index (χ0) is 19.3. The standard InChI is InChI=1S/C22H27BrN4O.BrH/c23-20-8-6-18(7-9-20)16-25-11-3-4-19(17-25)22(28)27-14-12-26(13-15-27)21-5-1-2-10-24-21;/h1-2,5-10,19H,3-4,11-17H2;1H. The number of piperidine rings is 1. The molecule has 29 heavy (non-hydrogen) atoms. The normalized spacial score (nSPS) is 20.2. The van der Waals surface area contributed by atoms with E-state index in [1.807, 2.05) is 24.4 Å². The number of carbonyl (C=O) groups excluding carboxylic acids is 1. The molecule has 156 valence electrons. The minimum atomic E-state index is 0. The molecule has 2 aliphatic rings. The molecule has 0 radical (unpaired) electrons. The Kier molecular flexibility index (Phi) is 8.09. The second kappa shape index (κ2) is 10.5. The summed E-state index contributed by atoms with van der Waals surface area (Å²) in [4.78, 5) is 24.3. The highest BCUT2D eigenvalue weighted by Gasteiger charge is 2.31. The van der Waals surface area contributed by atoms with E-state index in [0.717, 1.165) is 68.9 Å². The molecule has 2 aromatic rings. The first kappa shape index (κ1) is 22.2. The molecular formula is C22H28Br2N4O. The van der Waals surface area contributed by atoms with Crippen LogP contribution in [0, 0.1) is 5.92 Å². The van der Waals surface area contributed by atoms with Crippen LogP contribution in [0.3, 0.4) is 0 Å². The molecule has 0 aliphatic carbocycles. The quantitative estimate of drug-likeness (QED) is 0.607. The monoisotopic (exact) mass is 522 g/mol. The van der Waals surface area contributed by atoms with Crippen molar-refractivity contribution in [3.8, 4) is 0 Å². The summed E-state index contributed by atoms with van der Waals surface area (Å²) in [5, 5.41) is 0. The third-order valence-corrected chi connectivity index (χ3v) is 6.27. The number of benzene rings is 1. The molecule has 4 rings (SSSR count). The summed E-state index contributed by atoms with van der Waals surface area (Å²) in [7, 11) is 0. The molecule has 5 nitrogen and oxygen atoms in total. The van der Waals surface area contributed by atoms with E-state index in [-0.39, 0.29) is 22.9 Å². The van der Waals surface area contributed by atoms with E-state index in [9.17, 15) is 4.79 Å². The van der Waals surface area contributed by atoms with E-state index in [0.29, 0.717) is 5.91 Å². The number of piperazine rings is 1. The molecular weight excluding hydrogens is 496 g/mol. The largest absolute Gasteiger partial charge is 0.353 e. The topological polar surface area (TPSA) is 39.7 Å². The summed E-state index contributed by atoms with van der Waals surface area (Å²) >= 11 is 3.49. The minimum Gasteiger partial charge on any atom is -0.353 e. The van der Waals surface area contributed by atoms with Gasteiger partial charge in [0.05, 0.1) is 5.92 Å². The van der Waals surface area contributed by atoms with E-state index in [4.69, 9.17) is 0 Å². The number of aromatic nitrogens is 1. The number of nitrogens with zero attached hydrogens (tertiary/aromatic N) is 4. The van der Waals surface area contributed by atoms with Gasteiger partial charge in [-0.3, -0.25) is 9.69 Å². The fourth-order valence-corrected chi connectivity index (χ4v) is 4.47. The van der Waals surface area contributed by atoms with Crippen LogP contribution in [0.2, 0.25) is 0 Å². The summed E-state index contributed by atoms with van der Waals surface area (Å²) in [5.41, 5.74) is 1.31. The lowest BCUT2D eigenvalue weighted by atomic mass is 9.95. The summed E-state index contributed by atoms with van der Waals surface area (Å²) in [6.07, 6.45) is 3.94. The number of likely N-dealkylation sites (tertiary alicyclic amines) is 1. The number of rotatable bonds is 4. The van der Waals surface area contributed by atoms with Crippen LogP contribution in [0.4, 0.5) is 5.82 Å². The van der Waals surface area contributed by atoms with Gasteiger partial charge in [0, 0.05) is 49.9 Å². The van der Waals surface area contributed by atoms with E-state index in [1.165, 1.54) is 5.56 Å². The van der Waals surface area contributed by atoms with Crippen molar-refractivity contribution >= 4 is 44.6 Å². The summed E-state index contributed by atoms with van der Waals surface area (Å²) in [6.45, 7) is 6.17. The van der Waals surface area contributed by atoms with E-state index >= 15 is 0 Å². The average molecular weight is 524 g/mol. The van der Waals surface area contributed by atoms with Gasteiger partial charge in [0.1, 0.15) is 5.82 Å². The van der Waals surface area contributed by atoms with E-state index in [1.54, 1.807) is 0 Å². The van der Waals surface area contributed by atoms with Crippen LogP contribution in [-0.2, 0) is 11.3 Å². The minimum absolute atomic E-state index is 0. The Morgan fingerprint density at radius 2 is 1.79 bits per heavy atom. The van der Waals surface area contributed by atoms with Crippen molar-refractivity contribution in [1.29, 1.82) is 0 Å². The molecule has 2 aliphatic heterocycles. The molecule has 2 fully saturated rings. The number of hydrogen-bond acceptors (Lipinski definition) is 4. The van der Waals surface area contributed by atoms with E-state index < -0.39 is 0 Å². The van der Waals surface area contributed by atoms with Crippen molar-refractivity contribution in [3.63, 3.8) is 0 Å². The highest BCUT2D eigenvalue weighted by molar-refractivity contribution is 9.10. The number of pyridine rings is 1. The highest BCUT2D eigenvalue weighted by Crippen LogP contribution is 2.22. The maximum Gasteiger partial charge on any atom is 0.227 e. The SMILES string of the molecule is Br.O=C(C1CCCN(Cc2ccc(Br)cc2)C1)N1CCN(c2ccccn2)CC1. The van der Waals surface area contributed by atoms with Crippen molar-refractivity contribution in [3.05, 3.63) is 58.7 Å². The van der Waals surface area contributed by atoms with Crippen molar-refractivity contribution in [2.24, 2.45) is 5.92 Å². The van der Waals surface area contributed by atoms with Crippen LogP contribution in [0.15, 0.2) is 53.1 Å². The summed E-state index contributed by atoms with van der Waals surface area (Å²) in [6, 6.07) is 14.5. The third kappa shape index (κ3) is 5.80. The molecule has 7 heteroatoms. The number of carbonyl (C=O) groups is 1. The Bertz CT molecular complexity index is 779. The molecule has 1 atom stereocenters. The molecule has 0 saturated carbocycles. The smallest absolute Gasteiger partial charge is 0.227 e. The highest BCUT2D eigenvalue weighted by atomic mass is 79.9. The number of anilines is 1. The van der Waals surface area contributed by atoms with Gasteiger partial charge in [0.15, 0.2) is 0 Å². The van der Waals surface area contributed by atoms with Crippen LogP contribution < -0.4 is 4.90 Å². The maximum atomic E-state index is 13.1. The summed E-state index contributed by atoms with van der Waals surface area (Å²) < 4.78 is 1.10. The fourth-order valence-electron chi connectivity index (χ4n) is 4.20. The second-order valence-electron chi connectivity index (χ2n) is 7.70. The first-order valence-corrected chi connectivity index (χ1v) is 10.9. The molecule has 1 aromatic carbocycles. The molecule has 1 amide bonds. The van der Waals surface area contributed by atoms with Gasteiger partial charge in [0.25, 0.3) is 0 Å². The lowest BCUT2D eigenvalue weighted by molar-refractivity contribution is -0.137. The predicted octanol–water partition coefficient (Wildman–Crippen LogP) is 3.98. The van der Waals surface area contributed by atoms with Crippen LogP contribution >= 0.6 is 32.9 Å². The van der Waals surface area contributed by atoms with Crippen molar-refractivity contribution < 1.29 is 4.79 Å². The Balaban J connectivity index is 0.00000240. The molecule has 0 N–H and O–H groups in total. The Morgan fingerprint density at radius 3 is 2.48 bits per heavy atom.